The number of aromatic nitrogens is 3. The Balaban J connectivity index is 1.18. The Morgan fingerprint density at radius 2 is 1.90 bits per heavy atom. The third-order valence-corrected chi connectivity index (χ3v) is 7.43. The molecular formula is C24H26N4O3. The summed E-state index contributed by atoms with van der Waals surface area (Å²) in [6, 6.07) is 9.14. The Morgan fingerprint density at radius 1 is 1.16 bits per heavy atom. The molecule has 0 unspecified atom stereocenters. The number of ether oxygens (including phenoxy) is 1. The minimum atomic E-state index is -0.327. The lowest BCUT2D eigenvalue weighted by molar-refractivity contribution is -0.0493. The van der Waals surface area contributed by atoms with E-state index in [9.17, 15) is 4.79 Å². The fourth-order valence-corrected chi connectivity index (χ4v) is 6.49. The lowest BCUT2D eigenvalue weighted by Gasteiger charge is -2.56. The van der Waals surface area contributed by atoms with Crippen LogP contribution in [0, 0.1) is 17.8 Å². The van der Waals surface area contributed by atoms with Gasteiger partial charge in [0, 0.05) is 17.8 Å². The molecule has 7 heteroatoms. The third-order valence-electron chi connectivity index (χ3n) is 7.43. The molecule has 4 saturated carbocycles. The van der Waals surface area contributed by atoms with Crippen molar-refractivity contribution in [2.45, 2.75) is 44.1 Å². The molecule has 4 bridgehead atoms. The number of nitrogens with zero attached hydrogens (tertiary/aromatic N) is 3. The van der Waals surface area contributed by atoms with Crippen molar-refractivity contribution in [1.82, 2.24) is 14.9 Å². The van der Waals surface area contributed by atoms with Gasteiger partial charge in [0.1, 0.15) is 11.4 Å². The van der Waals surface area contributed by atoms with Crippen LogP contribution in [0.25, 0.3) is 11.3 Å². The Kier molecular flexibility index (Phi) is 4.20. The Morgan fingerprint density at radius 3 is 2.61 bits per heavy atom. The highest BCUT2D eigenvalue weighted by Gasteiger charge is 2.52. The molecular weight excluding hydrogens is 392 g/mol. The fourth-order valence-electron chi connectivity index (χ4n) is 6.49. The summed E-state index contributed by atoms with van der Waals surface area (Å²) < 4.78 is 12.7. The summed E-state index contributed by atoms with van der Waals surface area (Å²) in [6.07, 6.45) is 11.6. The first-order valence-corrected chi connectivity index (χ1v) is 11.1. The molecule has 4 aliphatic rings. The topological polar surface area (TPSA) is 82.2 Å². The molecule has 31 heavy (non-hydrogen) atoms. The smallest absolute Gasteiger partial charge is 0.294 e. The van der Waals surface area contributed by atoms with Gasteiger partial charge in [-0.05, 0) is 68.4 Å². The fraction of sp³-hybridized carbons (Fsp3) is 0.458. The highest BCUT2D eigenvalue weighted by molar-refractivity contribution is 6.02. The molecule has 1 N–H and O–H groups in total. The van der Waals surface area contributed by atoms with E-state index >= 15 is 0 Å². The predicted octanol–water partition coefficient (Wildman–Crippen LogP) is 4.72. The normalized spacial score (nSPS) is 28.6. The molecule has 160 valence electrons. The summed E-state index contributed by atoms with van der Waals surface area (Å²) in [6.45, 7) is 0. The van der Waals surface area contributed by atoms with Gasteiger partial charge in [-0.1, -0.05) is 17.3 Å². The maximum atomic E-state index is 12.7. The van der Waals surface area contributed by atoms with E-state index in [2.05, 4.69) is 20.3 Å². The number of benzene rings is 1. The Labute approximate surface area is 180 Å². The van der Waals surface area contributed by atoms with Gasteiger partial charge in [0.05, 0.1) is 24.5 Å². The number of carbonyl (C=O) groups is 1. The van der Waals surface area contributed by atoms with E-state index < -0.39 is 0 Å². The molecule has 7 rings (SSSR count). The van der Waals surface area contributed by atoms with E-state index in [1.807, 2.05) is 30.5 Å². The number of hydrogen-bond donors (Lipinski definition) is 1. The van der Waals surface area contributed by atoms with Crippen LogP contribution in [0.5, 0.6) is 5.75 Å². The van der Waals surface area contributed by atoms with Crippen LogP contribution >= 0.6 is 0 Å². The van der Waals surface area contributed by atoms with E-state index in [1.165, 1.54) is 38.5 Å². The SMILES string of the molecule is COc1cccc(-c2cc(C(=O)Nc3cnn(C45CC6CC(CC(C6)C4)C5)c3)on2)c1. The Hall–Kier alpha value is -3.09. The number of methoxy groups -OCH3 is 1. The van der Waals surface area contributed by atoms with Crippen LogP contribution in [-0.2, 0) is 5.54 Å². The molecule has 0 aliphatic heterocycles. The van der Waals surface area contributed by atoms with Crippen LogP contribution in [0.4, 0.5) is 5.69 Å². The maximum Gasteiger partial charge on any atom is 0.294 e. The number of anilines is 1. The summed E-state index contributed by atoms with van der Waals surface area (Å²) in [4.78, 5) is 12.7. The van der Waals surface area contributed by atoms with Crippen molar-refractivity contribution >= 4 is 11.6 Å². The molecule has 7 nitrogen and oxygen atoms in total. The molecule has 0 saturated heterocycles. The molecule has 0 spiro atoms. The van der Waals surface area contributed by atoms with E-state index in [4.69, 9.17) is 9.26 Å². The summed E-state index contributed by atoms with van der Waals surface area (Å²) in [5.41, 5.74) is 2.26. The van der Waals surface area contributed by atoms with Crippen molar-refractivity contribution in [3.63, 3.8) is 0 Å². The van der Waals surface area contributed by atoms with Crippen LogP contribution in [0.3, 0.4) is 0 Å². The minimum Gasteiger partial charge on any atom is -0.497 e. The van der Waals surface area contributed by atoms with Gasteiger partial charge in [0.2, 0.25) is 5.76 Å². The van der Waals surface area contributed by atoms with Crippen LogP contribution in [0.15, 0.2) is 47.2 Å². The van der Waals surface area contributed by atoms with Crippen LogP contribution in [0.2, 0.25) is 0 Å². The van der Waals surface area contributed by atoms with Gasteiger partial charge in [0.15, 0.2) is 0 Å². The lowest BCUT2D eigenvalue weighted by atomic mass is 9.53. The van der Waals surface area contributed by atoms with Gasteiger partial charge in [-0.3, -0.25) is 9.48 Å². The molecule has 2 heterocycles. The van der Waals surface area contributed by atoms with Gasteiger partial charge in [-0.15, -0.1) is 0 Å². The van der Waals surface area contributed by atoms with Crippen LogP contribution in [0.1, 0.15) is 49.1 Å². The second-order valence-electron chi connectivity index (χ2n) is 9.58. The number of amides is 1. The summed E-state index contributed by atoms with van der Waals surface area (Å²) in [5.74, 6) is 3.10. The molecule has 4 aliphatic carbocycles. The minimum absolute atomic E-state index is 0.142. The largest absolute Gasteiger partial charge is 0.497 e. The number of nitrogens with one attached hydrogen (secondary N) is 1. The third kappa shape index (κ3) is 3.23. The first-order valence-electron chi connectivity index (χ1n) is 11.1. The van der Waals surface area contributed by atoms with Crippen molar-refractivity contribution in [1.29, 1.82) is 0 Å². The second kappa shape index (κ2) is 6.97. The lowest BCUT2D eigenvalue weighted by Crippen LogP contribution is -2.52. The highest BCUT2D eigenvalue weighted by Crippen LogP contribution is 2.58. The maximum absolute atomic E-state index is 12.7. The quantitative estimate of drug-likeness (QED) is 0.648. The van der Waals surface area contributed by atoms with Crippen molar-refractivity contribution in [3.05, 3.63) is 48.5 Å². The molecule has 3 aromatic rings. The van der Waals surface area contributed by atoms with Crippen LogP contribution in [-0.4, -0.2) is 28.0 Å². The van der Waals surface area contributed by atoms with Crippen molar-refractivity contribution in [2.24, 2.45) is 17.8 Å². The zero-order valence-corrected chi connectivity index (χ0v) is 17.6. The standard InChI is InChI=1S/C24H26N4O3/c1-30-20-4-2-3-18(8-20)21-9-22(31-27-21)23(29)26-19-13-25-28(14-19)24-10-15-5-16(11-24)7-17(6-15)12-24/h2-4,8-9,13-17H,5-7,10-12H2,1H3,(H,26,29). The molecule has 0 atom stereocenters. The van der Waals surface area contributed by atoms with Crippen molar-refractivity contribution in [2.75, 3.05) is 12.4 Å². The van der Waals surface area contributed by atoms with E-state index in [-0.39, 0.29) is 17.2 Å². The monoisotopic (exact) mass is 418 g/mol. The first kappa shape index (κ1) is 18.7. The molecule has 1 aromatic carbocycles. The first-order chi connectivity index (χ1) is 15.1. The van der Waals surface area contributed by atoms with Crippen LogP contribution < -0.4 is 10.1 Å². The molecule has 0 radical (unpaired) electrons. The summed E-state index contributed by atoms with van der Waals surface area (Å²) >= 11 is 0. The van der Waals surface area contributed by atoms with E-state index in [1.54, 1.807) is 19.4 Å². The summed E-state index contributed by atoms with van der Waals surface area (Å²) in [5, 5.41) is 11.6. The van der Waals surface area contributed by atoms with Gasteiger partial charge < -0.3 is 14.6 Å². The number of carbonyl (C=O) groups excluding carboxylic acids is 1. The average molecular weight is 418 g/mol. The number of rotatable bonds is 5. The van der Waals surface area contributed by atoms with E-state index in [0.717, 1.165) is 29.1 Å². The van der Waals surface area contributed by atoms with E-state index in [0.29, 0.717) is 11.4 Å². The summed E-state index contributed by atoms with van der Waals surface area (Å²) in [7, 11) is 1.62. The zero-order chi connectivity index (χ0) is 21.0. The molecule has 1 amide bonds. The van der Waals surface area contributed by atoms with Gasteiger partial charge in [-0.2, -0.15) is 5.10 Å². The average Bonchev–Trinajstić information content (AvgIpc) is 3.43. The molecule has 4 fully saturated rings. The Bertz CT molecular complexity index is 1100. The van der Waals surface area contributed by atoms with Gasteiger partial charge in [0.25, 0.3) is 5.91 Å². The molecule has 2 aromatic heterocycles. The van der Waals surface area contributed by atoms with Gasteiger partial charge >= 0.3 is 0 Å². The highest BCUT2D eigenvalue weighted by atomic mass is 16.5. The zero-order valence-electron chi connectivity index (χ0n) is 17.6. The van der Waals surface area contributed by atoms with Crippen molar-refractivity contribution in [3.8, 4) is 17.0 Å². The second-order valence-corrected chi connectivity index (χ2v) is 9.58. The van der Waals surface area contributed by atoms with Crippen molar-refractivity contribution < 1.29 is 14.1 Å². The number of hydrogen-bond acceptors (Lipinski definition) is 5. The predicted molar refractivity (Wildman–Crippen MR) is 115 cm³/mol. The van der Waals surface area contributed by atoms with Gasteiger partial charge in [-0.25, -0.2) is 0 Å².